The van der Waals surface area contributed by atoms with Crippen LogP contribution in [0.4, 0.5) is 13.2 Å². The third-order valence-electron chi connectivity index (χ3n) is 5.96. The van der Waals surface area contributed by atoms with Crippen LogP contribution >= 0.6 is 11.6 Å². The Kier molecular flexibility index (Phi) is 8.42. The lowest BCUT2D eigenvalue weighted by Crippen LogP contribution is -2.42. The van der Waals surface area contributed by atoms with Gasteiger partial charge in [-0.05, 0) is 19.1 Å². The number of benzene rings is 1. The summed E-state index contributed by atoms with van der Waals surface area (Å²) >= 11 is 6.41. The first kappa shape index (κ1) is 29.0. The average Bonchev–Trinajstić information content (AvgIpc) is 3.17. The van der Waals surface area contributed by atoms with Gasteiger partial charge >= 0.3 is 18.1 Å². The van der Waals surface area contributed by atoms with E-state index in [1.54, 1.807) is 19.9 Å². The number of aryl methyl sites for hydroxylation is 1. The number of aromatic nitrogens is 4. The van der Waals surface area contributed by atoms with E-state index in [0.717, 1.165) is 21.3 Å². The molecule has 3 aromatic rings. The molecule has 0 saturated heterocycles. The minimum atomic E-state index is -4.92. The number of methoxy groups -OCH3 is 1. The van der Waals surface area contributed by atoms with Crippen molar-refractivity contribution in [2.24, 2.45) is 12.5 Å². The van der Waals surface area contributed by atoms with Gasteiger partial charge in [-0.25, -0.2) is 4.79 Å². The third kappa shape index (κ3) is 6.10. The van der Waals surface area contributed by atoms with Crippen LogP contribution in [0.1, 0.15) is 13.8 Å². The van der Waals surface area contributed by atoms with E-state index in [2.05, 4.69) is 16.3 Å². The molecule has 1 unspecified atom stereocenters. The van der Waals surface area contributed by atoms with Crippen LogP contribution in [-0.2, 0) is 29.7 Å². The summed E-state index contributed by atoms with van der Waals surface area (Å²) in [6, 6.07) is 4.52. The van der Waals surface area contributed by atoms with Gasteiger partial charge in [-0.3, -0.25) is 23.3 Å². The van der Waals surface area contributed by atoms with Gasteiger partial charge in [0.15, 0.2) is 16.9 Å². The van der Waals surface area contributed by atoms with Crippen LogP contribution in [0.5, 0.6) is 17.5 Å². The molecule has 206 valence electrons. The SMILES string of the molecule is C=CC(C)(Cn1c(Oc2cccc(OC(F)(F)F)c2)nc2c1c(=O)n(CC(=O)COC)c(=O)n2C)[C@@H](C)Cl. The van der Waals surface area contributed by atoms with E-state index in [9.17, 15) is 27.6 Å². The van der Waals surface area contributed by atoms with Crippen molar-refractivity contribution in [3.8, 4) is 17.5 Å². The van der Waals surface area contributed by atoms with Gasteiger partial charge in [-0.2, -0.15) is 4.98 Å². The lowest BCUT2D eigenvalue weighted by atomic mass is 9.87. The highest BCUT2D eigenvalue weighted by Crippen LogP contribution is 2.34. The molecule has 0 radical (unpaired) electrons. The van der Waals surface area contributed by atoms with Crippen LogP contribution in [-0.4, -0.2) is 49.9 Å². The number of fused-ring (bicyclic) bond motifs is 1. The summed E-state index contributed by atoms with van der Waals surface area (Å²) in [4.78, 5) is 42.9. The maximum absolute atomic E-state index is 13.5. The topological polar surface area (TPSA) is 107 Å². The molecule has 0 aliphatic rings. The first-order valence-corrected chi connectivity index (χ1v) is 11.7. The second kappa shape index (κ2) is 11.0. The number of nitrogens with zero attached hydrogens (tertiary/aromatic N) is 4. The Labute approximate surface area is 219 Å². The number of alkyl halides is 4. The Balaban J connectivity index is 2.25. The zero-order valence-electron chi connectivity index (χ0n) is 21.0. The molecule has 1 aromatic carbocycles. The zero-order valence-corrected chi connectivity index (χ0v) is 21.8. The Morgan fingerprint density at radius 1 is 1.24 bits per heavy atom. The number of carbonyl (C=O) groups is 1. The summed E-state index contributed by atoms with van der Waals surface area (Å²) in [6.07, 6.45) is -3.33. The van der Waals surface area contributed by atoms with Gasteiger partial charge in [0.05, 0.1) is 6.54 Å². The second-order valence-electron chi connectivity index (χ2n) is 8.81. The number of rotatable bonds is 11. The Hall–Kier alpha value is -3.58. The lowest BCUT2D eigenvalue weighted by Gasteiger charge is -2.29. The maximum Gasteiger partial charge on any atom is 0.573 e. The van der Waals surface area contributed by atoms with Gasteiger partial charge in [-0.1, -0.05) is 19.1 Å². The molecule has 2 aromatic heterocycles. The minimum absolute atomic E-state index is 0.00873. The molecule has 3 rings (SSSR count). The zero-order chi connectivity index (χ0) is 28.4. The molecule has 0 aliphatic heterocycles. The predicted molar refractivity (Wildman–Crippen MR) is 133 cm³/mol. The van der Waals surface area contributed by atoms with Gasteiger partial charge in [0.1, 0.15) is 18.1 Å². The first-order chi connectivity index (χ1) is 17.7. The van der Waals surface area contributed by atoms with Crippen molar-refractivity contribution in [1.82, 2.24) is 18.7 Å². The van der Waals surface area contributed by atoms with E-state index >= 15 is 0 Å². The number of ketones is 1. The highest BCUT2D eigenvalue weighted by Gasteiger charge is 2.33. The highest BCUT2D eigenvalue weighted by molar-refractivity contribution is 6.21. The molecule has 2 atom stereocenters. The van der Waals surface area contributed by atoms with Crippen molar-refractivity contribution in [3.05, 3.63) is 57.8 Å². The second-order valence-corrected chi connectivity index (χ2v) is 9.46. The van der Waals surface area contributed by atoms with E-state index in [4.69, 9.17) is 21.1 Å². The monoisotopic (exact) mass is 558 g/mol. The van der Waals surface area contributed by atoms with E-state index < -0.39 is 46.5 Å². The van der Waals surface area contributed by atoms with Crippen molar-refractivity contribution in [2.75, 3.05) is 13.7 Å². The number of ether oxygens (including phenoxy) is 3. The largest absolute Gasteiger partial charge is 0.573 e. The van der Waals surface area contributed by atoms with Crippen LogP contribution in [0.25, 0.3) is 11.2 Å². The summed E-state index contributed by atoms with van der Waals surface area (Å²) in [6.45, 7) is 6.46. The van der Waals surface area contributed by atoms with Crippen LogP contribution < -0.4 is 20.7 Å². The van der Waals surface area contributed by atoms with Crippen molar-refractivity contribution < 1.29 is 32.2 Å². The number of Topliss-reactive ketones (excluding diaryl/α,β-unsaturated/α-hetero) is 1. The number of hydrogen-bond acceptors (Lipinski definition) is 7. The van der Waals surface area contributed by atoms with Crippen molar-refractivity contribution in [1.29, 1.82) is 0 Å². The molecule has 14 heteroatoms. The molecular formula is C24H26ClF3N4O6. The maximum atomic E-state index is 13.5. The Morgan fingerprint density at radius 3 is 2.47 bits per heavy atom. The molecule has 38 heavy (non-hydrogen) atoms. The Morgan fingerprint density at radius 2 is 1.89 bits per heavy atom. The summed E-state index contributed by atoms with van der Waals surface area (Å²) in [5.74, 6) is -1.13. The molecular weight excluding hydrogens is 533 g/mol. The van der Waals surface area contributed by atoms with Crippen LogP contribution in [0.2, 0.25) is 0 Å². The van der Waals surface area contributed by atoms with Crippen LogP contribution in [0.3, 0.4) is 0 Å². The highest BCUT2D eigenvalue weighted by atomic mass is 35.5. The quantitative estimate of drug-likeness (QED) is 0.261. The van der Waals surface area contributed by atoms with Gasteiger partial charge in [-0.15, -0.1) is 31.4 Å². The summed E-state index contributed by atoms with van der Waals surface area (Å²) in [5, 5.41) is -0.494. The lowest BCUT2D eigenvalue weighted by molar-refractivity contribution is -0.274. The Bertz CT molecular complexity index is 1480. The number of carbonyl (C=O) groups excluding carboxylic acids is 1. The van der Waals surface area contributed by atoms with Crippen molar-refractivity contribution in [2.45, 2.75) is 38.7 Å². The molecule has 0 N–H and O–H groups in total. The normalized spacial score (nSPS) is 14.2. The summed E-state index contributed by atoms with van der Waals surface area (Å²) < 4.78 is 55.8. The number of allylic oxidation sites excluding steroid dienone is 1. The molecule has 0 fully saturated rings. The van der Waals surface area contributed by atoms with E-state index in [-0.39, 0.29) is 36.1 Å². The van der Waals surface area contributed by atoms with E-state index in [1.165, 1.54) is 30.9 Å². The molecule has 0 saturated carbocycles. The molecule has 0 spiro atoms. The molecule has 0 amide bonds. The molecule has 0 bridgehead atoms. The number of hydrogen-bond donors (Lipinski definition) is 0. The summed E-state index contributed by atoms with van der Waals surface area (Å²) in [5.41, 5.74) is -2.60. The van der Waals surface area contributed by atoms with Gasteiger partial charge in [0, 0.05) is 37.6 Å². The van der Waals surface area contributed by atoms with Crippen molar-refractivity contribution in [3.63, 3.8) is 0 Å². The fourth-order valence-electron chi connectivity index (χ4n) is 3.63. The number of halogens is 4. The van der Waals surface area contributed by atoms with E-state index in [0.29, 0.717) is 0 Å². The van der Waals surface area contributed by atoms with Gasteiger partial charge in [0.2, 0.25) is 0 Å². The fourth-order valence-corrected chi connectivity index (χ4v) is 3.79. The van der Waals surface area contributed by atoms with Crippen LogP contribution in [0.15, 0.2) is 46.5 Å². The fraction of sp³-hybridized carbons (Fsp3) is 0.417. The average molecular weight is 559 g/mol. The van der Waals surface area contributed by atoms with Gasteiger partial charge < -0.3 is 14.2 Å². The molecule has 2 heterocycles. The molecule has 0 aliphatic carbocycles. The standard InChI is InChI=1S/C24H26ClF3N4O6/c1-6-23(3,14(2)25)13-32-18-19(30(4)22(35)31(20(18)34)11-15(33)12-36-5)29-21(32)37-16-8-7-9-17(10-16)38-24(26,27)28/h6-10,14H,1,11-13H2,2-5H3/t14-,23?/m1/s1. The number of imidazole rings is 1. The summed E-state index contributed by atoms with van der Waals surface area (Å²) in [7, 11) is 2.66. The first-order valence-electron chi connectivity index (χ1n) is 11.2. The van der Waals surface area contributed by atoms with Gasteiger partial charge in [0.25, 0.3) is 5.56 Å². The van der Waals surface area contributed by atoms with E-state index in [1.807, 2.05) is 0 Å². The van der Waals surface area contributed by atoms with Crippen molar-refractivity contribution >= 4 is 28.5 Å². The molecule has 10 nitrogen and oxygen atoms in total. The minimum Gasteiger partial charge on any atom is -0.425 e. The predicted octanol–water partition coefficient (Wildman–Crippen LogP) is 3.62. The third-order valence-corrected chi connectivity index (χ3v) is 6.46. The van der Waals surface area contributed by atoms with Crippen LogP contribution in [0, 0.1) is 5.41 Å². The smallest absolute Gasteiger partial charge is 0.425 e.